The van der Waals surface area contributed by atoms with E-state index in [-0.39, 0.29) is 0 Å². The van der Waals surface area contributed by atoms with Crippen LogP contribution in [0.15, 0.2) is 4.99 Å². The van der Waals surface area contributed by atoms with Gasteiger partial charge in [-0.2, -0.15) is 13.2 Å². The van der Waals surface area contributed by atoms with Crippen LogP contribution < -0.4 is 10.6 Å². The summed E-state index contributed by atoms with van der Waals surface area (Å²) in [4.78, 5) is 5.36. The molecule has 0 heterocycles. The van der Waals surface area contributed by atoms with E-state index in [4.69, 9.17) is 0 Å². The summed E-state index contributed by atoms with van der Waals surface area (Å²) >= 11 is 0. The first-order valence-corrected chi connectivity index (χ1v) is 7.44. The highest BCUT2D eigenvalue weighted by atomic mass is 19.4. The zero-order valence-electron chi connectivity index (χ0n) is 13.6. The van der Waals surface area contributed by atoms with Gasteiger partial charge in [-0.15, -0.1) is 0 Å². The Bertz CT molecular complexity index is 290. The standard InChI is InChI=1S/C14H29F3N4/c1-12(2)7-5-8-19-13(18-3)20-9-6-10-21(4)11-14(15,16)17/h12H,5-11H2,1-4H3,(H2,18,19,20). The predicted molar refractivity (Wildman–Crippen MR) is 81.6 cm³/mol. The topological polar surface area (TPSA) is 39.7 Å². The summed E-state index contributed by atoms with van der Waals surface area (Å²) in [6.07, 6.45) is -1.26. The number of nitrogens with one attached hydrogen (secondary N) is 2. The molecule has 0 atom stereocenters. The lowest BCUT2D eigenvalue weighted by Crippen LogP contribution is -2.39. The molecule has 0 bridgehead atoms. The average molecular weight is 310 g/mol. The molecular formula is C14H29F3N4. The molecule has 0 fully saturated rings. The Balaban J connectivity index is 3.69. The van der Waals surface area contributed by atoms with Gasteiger partial charge >= 0.3 is 6.18 Å². The minimum Gasteiger partial charge on any atom is -0.356 e. The van der Waals surface area contributed by atoms with Crippen LogP contribution in [0.2, 0.25) is 0 Å². The zero-order valence-corrected chi connectivity index (χ0v) is 13.6. The van der Waals surface area contributed by atoms with Gasteiger partial charge in [0.2, 0.25) is 0 Å². The number of rotatable bonds is 9. The minimum absolute atomic E-state index is 0.400. The fourth-order valence-electron chi connectivity index (χ4n) is 1.88. The molecule has 0 aliphatic carbocycles. The molecule has 2 N–H and O–H groups in total. The van der Waals surface area contributed by atoms with Crippen LogP contribution in [0.4, 0.5) is 13.2 Å². The lowest BCUT2D eigenvalue weighted by atomic mass is 10.1. The van der Waals surface area contributed by atoms with E-state index in [1.165, 1.54) is 11.9 Å². The number of halogens is 3. The highest BCUT2D eigenvalue weighted by Crippen LogP contribution is 2.15. The Morgan fingerprint density at radius 1 is 1.14 bits per heavy atom. The number of hydrogen-bond acceptors (Lipinski definition) is 2. The molecular weight excluding hydrogens is 281 g/mol. The van der Waals surface area contributed by atoms with E-state index < -0.39 is 12.7 Å². The SMILES string of the molecule is CN=C(NCCCC(C)C)NCCCN(C)CC(F)(F)F. The average Bonchev–Trinajstić information content (AvgIpc) is 2.34. The molecule has 0 unspecified atom stereocenters. The summed E-state index contributed by atoms with van der Waals surface area (Å²) in [5.74, 6) is 1.39. The number of hydrogen-bond donors (Lipinski definition) is 2. The lowest BCUT2D eigenvalue weighted by molar-refractivity contribution is -0.143. The van der Waals surface area contributed by atoms with E-state index in [1.807, 2.05) is 0 Å². The van der Waals surface area contributed by atoms with E-state index in [1.54, 1.807) is 7.05 Å². The van der Waals surface area contributed by atoms with Crippen molar-refractivity contribution in [1.82, 2.24) is 15.5 Å². The third-order valence-electron chi connectivity index (χ3n) is 2.93. The monoisotopic (exact) mass is 310 g/mol. The van der Waals surface area contributed by atoms with Crippen molar-refractivity contribution in [3.8, 4) is 0 Å². The molecule has 21 heavy (non-hydrogen) atoms. The third-order valence-corrected chi connectivity index (χ3v) is 2.93. The fourth-order valence-corrected chi connectivity index (χ4v) is 1.88. The molecule has 0 rings (SSSR count). The first-order valence-electron chi connectivity index (χ1n) is 7.44. The molecule has 4 nitrogen and oxygen atoms in total. The van der Waals surface area contributed by atoms with Gasteiger partial charge in [-0.1, -0.05) is 13.8 Å². The van der Waals surface area contributed by atoms with Crippen LogP contribution in [-0.4, -0.2) is 57.3 Å². The Morgan fingerprint density at radius 3 is 2.19 bits per heavy atom. The van der Waals surface area contributed by atoms with Crippen molar-refractivity contribution in [3.63, 3.8) is 0 Å². The first kappa shape index (κ1) is 20.0. The minimum atomic E-state index is -4.13. The molecule has 0 amide bonds. The van der Waals surface area contributed by atoms with Gasteiger partial charge in [0.25, 0.3) is 0 Å². The molecule has 7 heteroatoms. The summed E-state index contributed by atoms with van der Waals surface area (Å²) in [6.45, 7) is 5.36. The van der Waals surface area contributed by atoms with Crippen LogP contribution in [0.3, 0.4) is 0 Å². The largest absolute Gasteiger partial charge is 0.401 e. The van der Waals surface area contributed by atoms with Gasteiger partial charge in [-0.3, -0.25) is 9.89 Å². The number of nitrogens with zero attached hydrogens (tertiary/aromatic N) is 2. The van der Waals surface area contributed by atoms with Crippen LogP contribution in [0.1, 0.15) is 33.1 Å². The molecule has 0 saturated heterocycles. The predicted octanol–water partition coefficient (Wildman–Crippen LogP) is 2.47. The van der Waals surface area contributed by atoms with Crippen molar-refractivity contribution in [2.24, 2.45) is 10.9 Å². The molecule has 0 aromatic rings. The highest BCUT2D eigenvalue weighted by Gasteiger charge is 2.28. The van der Waals surface area contributed by atoms with Crippen LogP contribution >= 0.6 is 0 Å². The third kappa shape index (κ3) is 13.7. The normalized spacial score (nSPS) is 13.1. The van der Waals surface area contributed by atoms with Crippen LogP contribution in [0.25, 0.3) is 0 Å². The van der Waals surface area contributed by atoms with Crippen molar-refractivity contribution >= 4 is 5.96 Å². The smallest absolute Gasteiger partial charge is 0.356 e. The molecule has 0 aromatic carbocycles. The Kier molecular flexibility index (Phi) is 10.2. The van der Waals surface area contributed by atoms with E-state index in [9.17, 15) is 13.2 Å². The molecule has 0 aliphatic heterocycles. The number of guanidine groups is 1. The van der Waals surface area contributed by atoms with Gasteiger partial charge in [-0.05, 0) is 38.8 Å². The number of aliphatic imine (C=N–C) groups is 1. The van der Waals surface area contributed by atoms with Crippen molar-refractivity contribution in [1.29, 1.82) is 0 Å². The van der Waals surface area contributed by atoms with Crippen LogP contribution in [0, 0.1) is 5.92 Å². The van der Waals surface area contributed by atoms with Crippen molar-refractivity contribution in [3.05, 3.63) is 0 Å². The summed E-state index contributed by atoms with van der Waals surface area (Å²) < 4.78 is 36.4. The van der Waals surface area contributed by atoms with Gasteiger partial charge in [0.1, 0.15) is 0 Å². The lowest BCUT2D eigenvalue weighted by Gasteiger charge is -2.19. The summed E-state index contributed by atoms with van der Waals surface area (Å²) in [7, 11) is 3.17. The molecule has 0 aliphatic rings. The van der Waals surface area contributed by atoms with Gasteiger partial charge < -0.3 is 10.6 Å². The van der Waals surface area contributed by atoms with Crippen molar-refractivity contribution in [2.75, 3.05) is 40.3 Å². The van der Waals surface area contributed by atoms with Gasteiger partial charge in [-0.25, -0.2) is 0 Å². The van der Waals surface area contributed by atoms with Gasteiger partial charge in [0.05, 0.1) is 6.54 Å². The second-order valence-electron chi connectivity index (χ2n) is 5.67. The molecule has 0 spiro atoms. The molecule has 0 saturated carbocycles. The van der Waals surface area contributed by atoms with Crippen LogP contribution in [-0.2, 0) is 0 Å². The van der Waals surface area contributed by atoms with Crippen molar-refractivity contribution in [2.45, 2.75) is 39.3 Å². The van der Waals surface area contributed by atoms with Crippen molar-refractivity contribution < 1.29 is 13.2 Å². The van der Waals surface area contributed by atoms with Gasteiger partial charge in [0, 0.05) is 20.1 Å². The maximum absolute atomic E-state index is 12.1. The molecule has 126 valence electrons. The van der Waals surface area contributed by atoms with E-state index in [2.05, 4.69) is 29.5 Å². The second-order valence-corrected chi connectivity index (χ2v) is 5.67. The Morgan fingerprint density at radius 2 is 1.71 bits per heavy atom. The van der Waals surface area contributed by atoms with Crippen LogP contribution in [0.5, 0.6) is 0 Å². The first-order chi connectivity index (χ1) is 9.74. The highest BCUT2D eigenvalue weighted by molar-refractivity contribution is 5.79. The van der Waals surface area contributed by atoms with E-state index in [0.717, 1.165) is 19.4 Å². The summed E-state index contributed by atoms with van der Waals surface area (Å²) in [5.41, 5.74) is 0. The van der Waals surface area contributed by atoms with E-state index in [0.29, 0.717) is 31.4 Å². The zero-order chi connectivity index (χ0) is 16.3. The molecule has 0 aromatic heterocycles. The maximum atomic E-state index is 12.1. The van der Waals surface area contributed by atoms with E-state index >= 15 is 0 Å². The fraction of sp³-hybridized carbons (Fsp3) is 0.929. The Hall–Kier alpha value is -0.980. The summed E-state index contributed by atoms with van der Waals surface area (Å²) in [5, 5.41) is 6.30. The summed E-state index contributed by atoms with van der Waals surface area (Å²) in [6, 6.07) is 0. The molecule has 0 radical (unpaired) electrons. The van der Waals surface area contributed by atoms with Gasteiger partial charge in [0.15, 0.2) is 5.96 Å². The maximum Gasteiger partial charge on any atom is 0.401 e. The second kappa shape index (κ2) is 10.7. The Labute approximate surface area is 126 Å². The number of alkyl halides is 3. The quantitative estimate of drug-likeness (QED) is 0.390.